The van der Waals surface area contributed by atoms with Crippen molar-refractivity contribution in [1.29, 1.82) is 0 Å². The summed E-state index contributed by atoms with van der Waals surface area (Å²) in [7, 11) is -2.78. The van der Waals surface area contributed by atoms with Crippen molar-refractivity contribution in [2.45, 2.75) is 43.3 Å². The molecule has 2 N–H and O–H groups in total. The lowest BCUT2D eigenvalue weighted by Gasteiger charge is -2.28. The summed E-state index contributed by atoms with van der Waals surface area (Å²) in [6.07, 6.45) is 3.30. The van der Waals surface area contributed by atoms with Gasteiger partial charge < -0.3 is 14.4 Å². The van der Waals surface area contributed by atoms with Gasteiger partial charge in [0.2, 0.25) is 0 Å². The number of allylic oxidation sites excluding steroid dienone is 1. The third kappa shape index (κ3) is 6.84. The topological polar surface area (TPSA) is 105 Å². The van der Waals surface area contributed by atoms with E-state index >= 15 is 0 Å². The van der Waals surface area contributed by atoms with Crippen LogP contribution in [0, 0.1) is 0 Å². The molecule has 8 nitrogen and oxygen atoms in total. The number of hydrogen-bond acceptors (Lipinski definition) is 7. The summed E-state index contributed by atoms with van der Waals surface area (Å²) in [6.45, 7) is 9.26. The molecule has 0 aliphatic heterocycles. The van der Waals surface area contributed by atoms with Crippen molar-refractivity contribution in [2.24, 2.45) is 0 Å². The first-order valence-corrected chi connectivity index (χ1v) is 13.2. The van der Waals surface area contributed by atoms with Crippen LogP contribution in [0.1, 0.15) is 32.8 Å². The van der Waals surface area contributed by atoms with Gasteiger partial charge in [0.15, 0.2) is 14.6 Å². The maximum atomic E-state index is 13.8. The first-order chi connectivity index (χ1) is 16.8. The Morgan fingerprint density at radius 3 is 2.14 bits per heavy atom. The Morgan fingerprint density at radius 2 is 1.63 bits per heavy atom. The molecule has 9 heteroatoms. The minimum absolute atomic E-state index is 0.0565. The smallest absolute Gasteiger partial charge is 0.269 e. The zero-order valence-corrected chi connectivity index (χ0v) is 21.7. The van der Waals surface area contributed by atoms with E-state index in [1.54, 1.807) is 35.8 Å². The van der Waals surface area contributed by atoms with E-state index in [-0.39, 0.29) is 11.3 Å². The molecule has 0 aliphatic carbocycles. The molecule has 0 bridgehead atoms. The van der Waals surface area contributed by atoms with Crippen molar-refractivity contribution in [1.82, 2.24) is 10.4 Å². The Kier molecular flexibility index (Phi) is 10.8. The molecule has 0 heterocycles. The molecule has 0 aliphatic rings. The van der Waals surface area contributed by atoms with Crippen LogP contribution in [0.5, 0.6) is 11.5 Å². The first kappa shape index (κ1) is 28.4. The van der Waals surface area contributed by atoms with Crippen LogP contribution in [-0.2, 0) is 21.1 Å². The van der Waals surface area contributed by atoms with Gasteiger partial charge in [-0.15, -0.1) is 0 Å². The molecule has 0 spiro atoms. The standard InChI is InChI=1S/C26H36N2O6S/c1-5-8-17-26(25(29)27-30,35(31,32)24-15-13-22(33-4)14-16-24)20-21-9-11-23(12-10-21)34-19-18-28(6-2)7-3/h8-17,30H,5-7,18-20H2,1-4H3,(H,27,29). The number of nitrogens with zero attached hydrogens (tertiary/aromatic N) is 1. The number of hydroxylamine groups is 1. The molecule has 0 saturated carbocycles. The van der Waals surface area contributed by atoms with Crippen LogP contribution in [0.2, 0.25) is 0 Å². The van der Waals surface area contributed by atoms with Gasteiger partial charge in [-0.2, -0.15) is 0 Å². The lowest BCUT2D eigenvalue weighted by Crippen LogP contribution is -2.52. The van der Waals surface area contributed by atoms with E-state index in [9.17, 15) is 18.4 Å². The van der Waals surface area contributed by atoms with E-state index in [0.717, 1.165) is 19.6 Å². The number of benzene rings is 2. The second kappa shape index (κ2) is 13.3. The lowest BCUT2D eigenvalue weighted by atomic mass is 9.96. The maximum Gasteiger partial charge on any atom is 0.269 e. The molecule has 0 aromatic heterocycles. The third-order valence-electron chi connectivity index (χ3n) is 5.92. The number of carbonyl (C=O) groups is 1. The average molecular weight is 505 g/mol. The Bertz CT molecular complexity index is 1060. The summed E-state index contributed by atoms with van der Waals surface area (Å²) >= 11 is 0. The van der Waals surface area contributed by atoms with Crippen LogP contribution in [-0.4, -0.2) is 62.5 Å². The van der Waals surface area contributed by atoms with E-state index < -0.39 is 20.5 Å². The van der Waals surface area contributed by atoms with Crippen LogP contribution in [0.4, 0.5) is 0 Å². The molecule has 1 atom stereocenters. The zero-order chi connectivity index (χ0) is 25.9. The van der Waals surface area contributed by atoms with Crippen molar-refractivity contribution in [3.8, 4) is 11.5 Å². The normalized spacial score (nSPS) is 13.5. The SMILES string of the molecule is CCC=CC(Cc1ccc(OCCN(CC)CC)cc1)(C(=O)NO)S(=O)(=O)c1ccc(OC)cc1. The number of hydrogen-bond donors (Lipinski definition) is 2. The van der Waals surface area contributed by atoms with E-state index in [1.165, 1.54) is 37.5 Å². The van der Waals surface area contributed by atoms with Crippen molar-refractivity contribution in [3.05, 3.63) is 66.2 Å². The quantitative estimate of drug-likeness (QED) is 0.230. The fourth-order valence-corrected chi connectivity index (χ4v) is 5.57. The lowest BCUT2D eigenvalue weighted by molar-refractivity contribution is -0.130. The predicted octanol–water partition coefficient (Wildman–Crippen LogP) is 3.64. The molecule has 35 heavy (non-hydrogen) atoms. The fraction of sp³-hybridized carbons (Fsp3) is 0.423. The Balaban J connectivity index is 2.39. The fourth-order valence-electron chi connectivity index (χ4n) is 3.73. The first-order valence-electron chi connectivity index (χ1n) is 11.7. The predicted molar refractivity (Wildman–Crippen MR) is 136 cm³/mol. The van der Waals surface area contributed by atoms with Crippen molar-refractivity contribution < 1.29 is 27.9 Å². The van der Waals surface area contributed by atoms with Gasteiger partial charge in [-0.3, -0.25) is 10.0 Å². The molecule has 2 aromatic carbocycles. The largest absolute Gasteiger partial charge is 0.497 e. The van der Waals surface area contributed by atoms with Crippen molar-refractivity contribution in [2.75, 3.05) is 33.4 Å². The highest BCUT2D eigenvalue weighted by molar-refractivity contribution is 7.93. The Morgan fingerprint density at radius 1 is 1.03 bits per heavy atom. The Labute approximate surface area is 208 Å². The van der Waals surface area contributed by atoms with Gasteiger partial charge >= 0.3 is 0 Å². The van der Waals surface area contributed by atoms with Crippen LogP contribution >= 0.6 is 0 Å². The molecule has 0 fully saturated rings. The summed E-state index contributed by atoms with van der Waals surface area (Å²) in [5.74, 6) is 0.111. The zero-order valence-electron chi connectivity index (χ0n) is 20.9. The average Bonchev–Trinajstić information content (AvgIpc) is 2.89. The van der Waals surface area contributed by atoms with E-state index in [2.05, 4.69) is 18.7 Å². The van der Waals surface area contributed by atoms with Crippen LogP contribution in [0.25, 0.3) is 0 Å². The summed E-state index contributed by atoms with van der Waals surface area (Å²) in [5.41, 5.74) is 2.17. The number of methoxy groups -OCH3 is 1. The maximum absolute atomic E-state index is 13.8. The number of carbonyl (C=O) groups excluding carboxylic acids is 1. The highest BCUT2D eigenvalue weighted by Gasteiger charge is 2.49. The minimum atomic E-state index is -4.26. The summed E-state index contributed by atoms with van der Waals surface area (Å²) in [5, 5.41) is 9.52. The number of nitrogens with one attached hydrogen (secondary N) is 1. The molecule has 0 saturated heterocycles. The summed E-state index contributed by atoms with van der Waals surface area (Å²) in [6, 6.07) is 12.8. The van der Waals surface area contributed by atoms with Gasteiger partial charge in [0.25, 0.3) is 5.91 Å². The second-order valence-corrected chi connectivity index (χ2v) is 10.2. The van der Waals surface area contributed by atoms with Gasteiger partial charge in [-0.25, -0.2) is 13.9 Å². The molecule has 2 aromatic rings. The number of sulfone groups is 1. The monoisotopic (exact) mass is 504 g/mol. The molecular weight excluding hydrogens is 468 g/mol. The van der Waals surface area contributed by atoms with Gasteiger partial charge in [0.1, 0.15) is 18.1 Å². The van der Waals surface area contributed by atoms with Gasteiger partial charge in [0, 0.05) is 13.0 Å². The third-order valence-corrected chi connectivity index (χ3v) is 8.24. The van der Waals surface area contributed by atoms with Gasteiger partial charge in [-0.05, 0) is 61.5 Å². The molecule has 2 rings (SSSR count). The van der Waals surface area contributed by atoms with Crippen molar-refractivity contribution >= 4 is 15.7 Å². The Hall–Kier alpha value is -2.88. The number of ether oxygens (including phenoxy) is 2. The minimum Gasteiger partial charge on any atom is -0.497 e. The van der Waals surface area contributed by atoms with E-state index in [1.807, 2.05) is 6.92 Å². The molecule has 0 radical (unpaired) electrons. The van der Waals surface area contributed by atoms with E-state index in [4.69, 9.17) is 9.47 Å². The highest BCUT2D eigenvalue weighted by atomic mass is 32.2. The van der Waals surface area contributed by atoms with Crippen LogP contribution in [0.3, 0.4) is 0 Å². The van der Waals surface area contributed by atoms with Crippen molar-refractivity contribution in [3.63, 3.8) is 0 Å². The second-order valence-electron chi connectivity index (χ2n) is 8.02. The number of likely N-dealkylation sites (N-methyl/N-ethyl adjacent to an activating group) is 1. The highest BCUT2D eigenvalue weighted by Crippen LogP contribution is 2.33. The summed E-state index contributed by atoms with van der Waals surface area (Å²) < 4.78 is 36.5. The van der Waals surface area contributed by atoms with Gasteiger partial charge in [0.05, 0.1) is 12.0 Å². The molecule has 1 unspecified atom stereocenters. The van der Waals surface area contributed by atoms with Gasteiger partial charge in [-0.1, -0.05) is 45.1 Å². The molecule has 192 valence electrons. The number of amides is 1. The molecular formula is C26H36N2O6S. The summed E-state index contributed by atoms with van der Waals surface area (Å²) in [4.78, 5) is 15.2. The van der Waals surface area contributed by atoms with Crippen LogP contribution in [0.15, 0.2) is 65.6 Å². The molecule has 1 amide bonds. The number of rotatable bonds is 14. The van der Waals surface area contributed by atoms with E-state index in [0.29, 0.717) is 30.1 Å². The van der Waals surface area contributed by atoms with Crippen LogP contribution < -0.4 is 15.0 Å².